The number of para-hydroxylation sites is 4. The molecule has 5 heterocycles. The summed E-state index contributed by atoms with van der Waals surface area (Å²) in [6, 6.07) is 43.9. The maximum Gasteiger partial charge on any atom is 1.00 e. The third-order valence-electron chi connectivity index (χ3n) is 15.2. The van der Waals surface area contributed by atoms with Gasteiger partial charge in [0, 0.05) is 40.5 Å². The maximum absolute atomic E-state index is 12.6. The van der Waals surface area contributed by atoms with Crippen LogP contribution in [0.25, 0.3) is 40.9 Å². The fourth-order valence-corrected chi connectivity index (χ4v) is 21.0. The number of alkyl halides is 1. The Balaban J connectivity index is 0.000000666. The number of ether oxygens (including phenoxy) is 2. The Kier molecular flexibility index (Phi) is 47.9. The smallest absolute Gasteiger partial charge is 1.00 e. The average Bonchev–Trinajstić information content (AvgIpc) is 1.66. The van der Waals surface area contributed by atoms with Gasteiger partial charge in [-0.05, 0) is 233 Å². The van der Waals surface area contributed by atoms with Crippen LogP contribution in [0.3, 0.4) is 0 Å². The van der Waals surface area contributed by atoms with Gasteiger partial charge in [0.2, 0.25) is 28.4 Å². The molecule has 4 aromatic heterocycles. The number of halogens is 3. The first-order chi connectivity index (χ1) is 51.9. The molecular weight excluding hydrogens is 1920 g/mol. The summed E-state index contributed by atoms with van der Waals surface area (Å²) in [6.45, 7) is 25.4. The van der Waals surface area contributed by atoms with Crippen LogP contribution in [-0.4, -0.2) is 167 Å². The van der Waals surface area contributed by atoms with E-state index in [1.807, 2.05) is 134 Å². The molecule has 2 atom stereocenters. The number of fused-ring (bicyclic) bond motifs is 4. The zero-order valence-electron chi connectivity index (χ0n) is 67.6. The number of benzene rings is 6. The number of nitrogens with zero attached hydrogens (tertiary/aromatic N) is 3. The Morgan fingerprint density at radius 3 is 1.36 bits per heavy atom. The number of aliphatic hydroxyl groups excluding tert-OH is 1. The van der Waals surface area contributed by atoms with Gasteiger partial charge in [-0.1, -0.05) is 118 Å². The van der Waals surface area contributed by atoms with E-state index < -0.39 is 72.4 Å². The SMILES string of the molecule is CC(C)(CCS(=O)(=O)c1nc2ccccc2s1)OC1CCCCO1.CC(C)(O)CCI.CC(C)(O)CCO.CC(C)(O)CCS(=O)(=O)c1nc2ccccc2s1.CC(C)(O)CCSc1nc2ccccc2s1.Cc1ccc(S(=O)(=O)Cl)cc1.Cc1ccc(S(=O)(=O)OCCC(C)(C)O)cc1.S=c1[nH]c2ccccc2s1.[2H]P.[I-].[Na+]. The number of sulfone groups is 2. The Morgan fingerprint density at radius 2 is 0.982 bits per heavy atom. The van der Waals surface area contributed by atoms with Gasteiger partial charge in [0.25, 0.3) is 19.2 Å². The predicted molar refractivity (Wildman–Crippen MR) is 474 cm³/mol. The molecule has 0 radical (unpaired) electrons. The Morgan fingerprint density at radius 1 is 0.566 bits per heavy atom. The minimum Gasteiger partial charge on any atom is -1.00 e. The summed E-state index contributed by atoms with van der Waals surface area (Å²) in [6.07, 6.45) is 5.78. The standard InChI is InChI=1S/C17H23NO4S2.C12H15NO3S2.C12H15NOS2.C12H18O4S.C7H7ClO2S.C7H5NS2.C5H11IO.C5H12O2.HI.Na.H3P/c1-17(2,22-15-9-5-6-11-21-15)10-12-24(19,20)16-18-13-7-3-4-8-14(13)23-16;1-12(2,14)7-8-18(15,16)11-13-9-5-3-4-6-10(9)17-11;1-12(2,14)7-8-15-11-13-9-5-3-4-6-10(9)16-11;1-10-4-6-11(7-5-10)17(14,15)16-9-8-12(2,3)13;1-6-2-4-7(5-3-6)11(8,9)10;9-7-8-5-3-1-2-4-6(5)10-7;2*1-5(2,7)3-4-6;;;/h3-4,7-8,15H,5-6,9-12H2,1-2H3;3-6,14H,7-8H2,1-2H3;3-6,14H,7-8H2,1-2H3;4-7,13H,8-9H2,1-3H3;2-5H,1H3;1-4H,(H,8,9);7H,3-4H2,1-2H3;6-7H,3-4H2,1-2H3;1H;;1H3/q;;;;;;;;;+1;/p-1/i;;;;;;;;;;1D. The first kappa shape index (κ1) is 107. The molecule has 11 rings (SSSR count). The van der Waals surface area contributed by atoms with Crippen LogP contribution in [0, 0.1) is 17.8 Å². The van der Waals surface area contributed by atoms with Crippen molar-refractivity contribution in [1.29, 1.82) is 1.28 Å². The van der Waals surface area contributed by atoms with Crippen molar-refractivity contribution >= 4 is 192 Å². The zero-order chi connectivity index (χ0) is 84.6. The molecule has 0 aliphatic carbocycles. The summed E-state index contributed by atoms with van der Waals surface area (Å²) in [5.41, 5.74) is 1.43. The molecule has 2 unspecified atom stereocenters. The number of rotatable bonds is 24. The van der Waals surface area contributed by atoms with Crippen molar-refractivity contribution in [1.82, 2.24) is 19.9 Å². The first-order valence-electron chi connectivity index (χ1n) is 35.7. The van der Waals surface area contributed by atoms with Crippen molar-refractivity contribution in [2.75, 3.05) is 41.5 Å². The largest absolute Gasteiger partial charge is 1.00 e. The van der Waals surface area contributed by atoms with Crippen LogP contribution in [0.5, 0.6) is 0 Å². The van der Waals surface area contributed by atoms with Crippen molar-refractivity contribution < 1.29 is 132 Å². The number of aliphatic hydroxyl groups is 6. The second-order valence-corrected chi connectivity index (χ2v) is 45.3. The second kappa shape index (κ2) is 50.5. The van der Waals surface area contributed by atoms with Crippen molar-refractivity contribution in [3.63, 3.8) is 0 Å². The molecule has 1 fully saturated rings. The summed E-state index contributed by atoms with van der Waals surface area (Å²) < 4.78 is 124. The van der Waals surface area contributed by atoms with Gasteiger partial charge in [-0.15, -0.1) is 45.3 Å². The molecule has 0 saturated carbocycles. The summed E-state index contributed by atoms with van der Waals surface area (Å²) >= 11 is 14.7. The number of thioether (sulfide) groups is 1. The molecule has 0 spiro atoms. The van der Waals surface area contributed by atoms with Gasteiger partial charge < -0.3 is 69.1 Å². The van der Waals surface area contributed by atoms with Gasteiger partial charge in [-0.3, -0.25) is 4.18 Å². The molecule has 1 aliphatic heterocycles. The molecule has 0 amide bonds. The molecule has 626 valence electrons. The predicted octanol–water partition coefficient (Wildman–Crippen LogP) is 12.1. The number of thiazole rings is 4. The number of aromatic amines is 1. The fourth-order valence-electron chi connectivity index (χ4n) is 8.70. The van der Waals surface area contributed by atoms with E-state index in [-0.39, 0.29) is 116 Å². The van der Waals surface area contributed by atoms with Crippen molar-refractivity contribution in [2.24, 2.45) is 0 Å². The summed E-state index contributed by atoms with van der Waals surface area (Å²) in [4.78, 5) is 16.3. The van der Waals surface area contributed by atoms with Crippen molar-refractivity contribution in [3.05, 3.63) is 161 Å². The normalized spacial score (nSPS) is 13.5. The van der Waals surface area contributed by atoms with Gasteiger partial charge in [-0.25, -0.2) is 40.2 Å². The molecule has 7 N–H and O–H groups in total. The van der Waals surface area contributed by atoms with Crippen LogP contribution in [0.4, 0.5) is 0 Å². The quantitative estimate of drug-likeness (QED) is 0.00432. The van der Waals surface area contributed by atoms with Crippen LogP contribution in [0.15, 0.2) is 168 Å². The van der Waals surface area contributed by atoms with E-state index in [1.165, 1.54) is 56.3 Å². The molecule has 21 nitrogen and oxygen atoms in total. The number of aryl methyl sites for hydroxylation is 2. The average molecular weight is 2030 g/mol. The summed E-state index contributed by atoms with van der Waals surface area (Å²) in [7, 11) is -7.33. The number of H-pyrrole nitrogens is 1. The van der Waals surface area contributed by atoms with Gasteiger partial charge in [0.05, 0.1) is 104 Å². The molecule has 10 aromatic rings. The molecular formula is C77H109ClI2N4NaO17PS10. The molecule has 1 saturated heterocycles. The van der Waals surface area contributed by atoms with Crippen LogP contribution >= 0.6 is 112 Å². The van der Waals surface area contributed by atoms with E-state index in [9.17, 15) is 49.0 Å². The number of aromatic nitrogens is 4. The Hall–Kier alpha value is -1.93. The monoisotopic (exact) mass is 2030 g/mol. The van der Waals surface area contributed by atoms with E-state index in [0.29, 0.717) is 25.0 Å². The summed E-state index contributed by atoms with van der Waals surface area (Å²) in [5.74, 6) is 0.839. The van der Waals surface area contributed by atoms with E-state index >= 15 is 0 Å². The first-order valence-corrected chi connectivity index (χ1v) is 48.4. The third kappa shape index (κ3) is 45.5. The third-order valence-corrected chi connectivity index (χ3v) is 28.2. The summed E-state index contributed by atoms with van der Waals surface area (Å²) in [5, 5.41) is 54.8. The van der Waals surface area contributed by atoms with Crippen LogP contribution in [0.2, 0.25) is 0 Å². The maximum atomic E-state index is 12.6. The minimum absolute atomic E-state index is 0. The van der Waals surface area contributed by atoms with E-state index in [0.717, 1.165) is 87.7 Å². The number of hydrogen-bond donors (Lipinski definition) is 7. The molecule has 36 heteroatoms. The van der Waals surface area contributed by atoms with Gasteiger partial charge in [-0.2, -0.15) is 18.3 Å². The number of hydrogen-bond acceptors (Lipinski definition) is 26. The van der Waals surface area contributed by atoms with Crippen molar-refractivity contribution in [2.45, 2.75) is 217 Å². The van der Waals surface area contributed by atoms with E-state index in [1.54, 1.807) is 116 Å². The van der Waals surface area contributed by atoms with Crippen LogP contribution in [-0.2, 0) is 52.5 Å². The van der Waals surface area contributed by atoms with E-state index in [4.69, 9.17) is 53.2 Å². The van der Waals surface area contributed by atoms with Crippen LogP contribution in [0.1, 0.15) is 152 Å². The minimum atomic E-state index is -3.71. The van der Waals surface area contributed by atoms with Crippen LogP contribution < -0.4 is 53.5 Å². The molecule has 0 bridgehead atoms. The van der Waals surface area contributed by atoms with Gasteiger partial charge >= 0.3 is 29.6 Å². The second-order valence-electron chi connectivity index (χ2n) is 29.3. The van der Waals surface area contributed by atoms with Gasteiger partial charge in [0.15, 0.2) is 14.6 Å². The Bertz CT molecular complexity index is 4810. The number of nitrogens with one attached hydrogen (secondary N) is 1. The molecule has 1 aliphatic rings. The Labute approximate surface area is 755 Å². The topological polar surface area (TPSA) is 340 Å². The molecule has 113 heavy (non-hydrogen) atoms. The zero-order valence-corrected chi connectivity index (χ0v) is 82.9. The molecule has 6 aromatic carbocycles. The fraction of sp³-hybridized carbons (Fsp3) is 0.481. The van der Waals surface area contributed by atoms with Crippen molar-refractivity contribution in [3.8, 4) is 0 Å². The van der Waals surface area contributed by atoms with E-state index in [2.05, 4.69) is 54.7 Å². The van der Waals surface area contributed by atoms with Gasteiger partial charge in [0.1, 0.15) is 0 Å².